The number of carbonyl (C=O) groups is 1. The maximum absolute atomic E-state index is 11.3. The van der Waals surface area contributed by atoms with Crippen LogP contribution in [0.15, 0.2) is 12.2 Å². The molecule has 0 aromatic carbocycles. The molecule has 4 nitrogen and oxygen atoms in total. The van der Waals surface area contributed by atoms with E-state index in [1.807, 2.05) is 6.92 Å². The van der Waals surface area contributed by atoms with Crippen molar-refractivity contribution in [3.63, 3.8) is 0 Å². The third kappa shape index (κ3) is 7.43. The van der Waals surface area contributed by atoms with Gasteiger partial charge in [-0.15, -0.1) is 0 Å². The average molecular weight is 226 g/mol. The van der Waals surface area contributed by atoms with Crippen molar-refractivity contribution in [2.75, 3.05) is 32.8 Å². The van der Waals surface area contributed by atoms with Crippen molar-refractivity contribution in [2.24, 2.45) is 5.92 Å². The van der Waals surface area contributed by atoms with Crippen molar-refractivity contribution in [3.8, 4) is 0 Å². The lowest BCUT2D eigenvalue weighted by molar-refractivity contribution is -0.120. The molecule has 1 fully saturated rings. The highest BCUT2D eigenvalue weighted by molar-refractivity contribution is 5.77. The molecule has 0 saturated heterocycles. The number of ether oxygens (including phenoxy) is 1. The van der Waals surface area contributed by atoms with E-state index in [1.54, 1.807) is 0 Å². The number of rotatable bonds is 9. The van der Waals surface area contributed by atoms with Gasteiger partial charge in [-0.25, -0.2) is 0 Å². The van der Waals surface area contributed by atoms with Gasteiger partial charge in [0.2, 0.25) is 5.91 Å². The van der Waals surface area contributed by atoms with E-state index < -0.39 is 0 Å². The Bertz CT molecular complexity index is 237. The van der Waals surface area contributed by atoms with Crippen LogP contribution in [-0.2, 0) is 9.53 Å². The second-order valence-electron chi connectivity index (χ2n) is 4.43. The van der Waals surface area contributed by atoms with Gasteiger partial charge in [-0.3, -0.25) is 4.79 Å². The highest BCUT2D eigenvalue weighted by Gasteiger charge is 2.20. The highest BCUT2D eigenvalue weighted by atomic mass is 16.5. The maximum atomic E-state index is 11.3. The maximum Gasteiger partial charge on any atom is 0.234 e. The molecule has 0 bridgehead atoms. The Morgan fingerprint density at radius 3 is 2.88 bits per heavy atom. The monoisotopic (exact) mass is 226 g/mol. The van der Waals surface area contributed by atoms with E-state index in [2.05, 4.69) is 17.2 Å². The molecule has 2 N–H and O–H groups in total. The molecule has 1 aliphatic carbocycles. The molecule has 1 rings (SSSR count). The van der Waals surface area contributed by atoms with Crippen LogP contribution in [0.4, 0.5) is 0 Å². The third-order valence-corrected chi connectivity index (χ3v) is 2.33. The first-order valence-electron chi connectivity index (χ1n) is 5.88. The predicted molar refractivity (Wildman–Crippen MR) is 64.2 cm³/mol. The fraction of sp³-hybridized carbons (Fsp3) is 0.750. The summed E-state index contributed by atoms with van der Waals surface area (Å²) in [5, 5.41) is 5.93. The summed E-state index contributed by atoms with van der Waals surface area (Å²) in [7, 11) is 0. The fourth-order valence-electron chi connectivity index (χ4n) is 1.28. The summed E-state index contributed by atoms with van der Waals surface area (Å²) in [5.74, 6) is 0.853. The third-order valence-electron chi connectivity index (χ3n) is 2.33. The van der Waals surface area contributed by atoms with E-state index in [0.29, 0.717) is 26.3 Å². The van der Waals surface area contributed by atoms with Crippen LogP contribution in [0.2, 0.25) is 0 Å². The molecule has 0 atom stereocenters. The number of nitrogens with one attached hydrogen (secondary N) is 2. The van der Waals surface area contributed by atoms with Gasteiger partial charge in [-0.05, 0) is 32.2 Å². The van der Waals surface area contributed by atoms with Crippen LogP contribution in [0.3, 0.4) is 0 Å². The summed E-state index contributed by atoms with van der Waals surface area (Å²) in [6, 6.07) is 0. The lowest BCUT2D eigenvalue weighted by Crippen LogP contribution is -2.36. The molecule has 92 valence electrons. The molecule has 0 heterocycles. The molecule has 1 saturated carbocycles. The lowest BCUT2D eigenvalue weighted by atomic mass is 10.4. The molecular formula is C12H22N2O2. The predicted octanol–water partition coefficient (Wildman–Crippen LogP) is 0.695. The zero-order valence-corrected chi connectivity index (χ0v) is 10.1. The van der Waals surface area contributed by atoms with E-state index in [9.17, 15) is 4.79 Å². The van der Waals surface area contributed by atoms with Gasteiger partial charge in [0.1, 0.15) is 0 Å². The Balaban J connectivity index is 1.83. The summed E-state index contributed by atoms with van der Waals surface area (Å²) in [5.41, 5.74) is 0.998. The molecule has 0 aliphatic heterocycles. The number of carbonyl (C=O) groups excluding carboxylic acids is 1. The summed E-state index contributed by atoms with van der Waals surface area (Å²) in [6.45, 7) is 8.71. The Labute approximate surface area is 97.4 Å². The minimum atomic E-state index is 0.0413. The Hall–Kier alpha value is -0.870. The van der Waals surface area contributed by atoms with Crippen molar-refractivity contribution < 1.29 is 9.53 Å². The quantitative estimate of drug-likeness (QED) is 0.449. The zero-order valence-electron chi connectivity index (χ0n) is 10.1. The molecule has 16 heavy (non-hydrogen) atoms. The Morgan fingerprint density at radius 1 is 1.50 bits per heavy atom. The molecule has 0 spiro atoms. The topological polar surface area (TPSA) is 50.4 Å². The van der Waals surface area contributed by atoms with Crippen molar-refractivity contribution in [1.29, 1.82) is 0 Å². The van der Waals surface area contributed by atoms with Gasteiger partial charge in [-0.2, -0.15) is 0 Å². The first-order valence-corrected chi connectivity index (χ1v) is 5.88. The van der Waals surface area contributed by atoms with Gasteiger partial charge >= 0.3 is 0 Å². The van der Waals surface area contributed by atoms with Crippen molar-refractivity contribution >= 4 is 5.91 Å². The summed E-state index contributed by atoms with van der Waals surface area (Å²) in [6.07, 6.45) is 2.62. The van der Waals surface area contributed by atoms with Crippen LogP contribution >= 0.6 is 0 Å². The van der Waals surface area contributed by atoms with Gasteiger partial charge in [0.05, 0.1) is 19.8 Å². The molecule has 0 aromatic rings. The average Bonchev–Trinajstić information content (AvgIpc) is 3.00. The number of amides is 1. The van der Waals surface area contributed by atoms with E-state index in [1.165, 1.54) is 12.8 Å². The molecule has 0 radical (unpaired) electrons. The Kier molecular flexibility index (Phi) is 6.11. The van der Waals surface area contributed by atoms with Crippen molar-refractivity contribution in [1.82, 2.24) is 10.6 Å². The normalized spacial score (nSPS) is 14.8. The molecular weight excluding hydrogens is 204 g/mol. The zero-order chi connectivity index (χ0) is 11.8. The first-order chi connectivity index (χ1) is 7.68. The van der Waals surface area contributed by atoms with Gasteiger partial charge in [-0.1, -0.05) is 12.2 Å². The number of hydrogen-bond acceptors (Lipinski definition) is 3. The largest absolute Gasteiger partial charge is 0.375 e. The van der Waals surface area contributed by atoms with Gasteiger partial charge in [0.15, 0.2) is 0 Å². The standard InChI is InChI=1S/C12H22N2O2/c1-10(2)9-16-6-5-14-12(15)8-13-7-11-3-4-11/h11,13H,1,3-9H2,2H3,(H,14,15). The van der Waals surface area contributed by atoms with Crippen LogP contribution in [0.5, 0.6) is 0 Å². The number of hydrogen-bond donors (Lipinski definition) is 2. The summed E-state index contributed by atoms with van der Waals surface area (Å²) < 4.78 is 5.26. The molecule has 0 unspecified atom stereocenters. The van der Waals surface area contributed by atoms with Crippen molar-refractivity contribution in [2.45, 2.75) is 19.8 Å². The minimum Gasteiger partial charge on any atom is -0.375 e. The second-order valence-corrected chi connectivity index (χ2v) is 4.43. The molecule has 1 amide bonds. The minimum absolute atomic E-state index is 0.0413. The summed E-state index contributed by atoms with van der Waals surface area (Å²) in [4.78, 5) is 11.3. The van der Waals surface area contributed by atoms with Crippen LogP contribution in [0.1, 0.15) is 19.8 Å². The second kappa shape index (κ2) is 7.41. The van der Waals surface area contributed by atoms with E-state index in [0.717, 1.165) is 18.0 Å². The van der Waals surface area contributed by atoms with Crippen LogP contribution in [0, 0.1) is 5.92 Å². The van der Waals surface area contributed by atoms with Crippen LogP contribution in [0.25, 0.3) is 0 Å². The SMILES string of the molecule is C=C(C)COCCNC(=O)CNCC1CC1. The highest BCUT2D eigenvalue weighted by Crippen LogP contribution is 2.27. The van der Waals surface area contributed by atoms with Crippen LogP contribution < -0.4 is 10.6 Å². The van der Waals surface area contributed by atoms with E-state index >= 15 is 0 Å². The Morgan fingerprint density at radius 2 is 2.25 bits per heavy atom. The van der Waals surface area contributed by atoms with Crippen LogP contribution in [-0.4, -0.2) is 38.8 Å². The molecule has 1 aliphatic rings. The van der Waals surface area contributed by atoms with Crippen molar-refractivity contribution in [3.05, 3.63) is 12.2 Å². The molecule has 4 heteroatoms. The lowest BCUT2D eigenvalue weighted by Gasteiger charge is -2.07. The first kappa shape index (κ1) is 13.2. The van der Waals surface area contributed by atoms with Gasteiger partial charge in [0.25, 0.3) is 0 Å². The smallest absolute Gasteiger partial charge is 0.234 e. The van der Waals surface area contributed by atoms with E-state index in [4.69, 9.17) is 4.74 Å². The summed E-state index contributed by atoms with van der Waals surface area (Å²) >= 11 is 0. The van der Waals surface area contributed by atoms with Gasteiger partial charge in [0, 0.05) is 6.54 Å². The van der Waals surface area contributed by atoms with Gasteiger partial charge < -0.3 is 15.4 Å². The fourth-order valence-corrected chi connectivity index (χ4v) is 1.28. The van der Waals surface area contributed by atoms with E-state index in [-0.39, 0.29) is 5.91 Å². The molecule has 0 aromatic heterocycles.